The number of hydrogen-bond acceptors (Lipinski definition) is 7. The van der Waals surface area contributed by atoms with E-state index in [1.165, 1.54) is 0 Å². The minimum Gasteiger partial charge on any atom is -0.497 e. The van der Waals surface area contributed by atoms with Crippen molar-refractivity contribution in [2.24, 2.45) is 0 Å². The van der Waals surface area contributed by atoms with Crippen LogP contribution >= 0.6 is 11.3 Å². The molecule has 3 rings (SSSR count). The number of ether oxygens (including phenoxy) is 2. The van der Waals surface area contributed by atoms with Gasteiger partial charge in [0.2, 0.25) is 0 Å². The molecule has 0 spiro atoms. The summed E-state index contributed by atoms with van der Waals surface area (Å²) in [4.78, 5) is 6.86. The fourth-order valence-electron chi connectivity index (χ4n) is 2.98. The summed E-state index contributed by atoms with van der Waals surface area (Å²) in [7, 11) is 0.402. The molecule has 1 aromatic carbocycles. The van der Waals surface area contributed by atoms with Crippen molar-refractivity contribution in [3.63, 3.8) is 0 Å². The predicted octanol–water partition coefficient (Wildman–Crippen LogP) is 1.94. The third-order valence-electron chi connectivity index (χ3n) is 4.29. The van der Waals surface area contributed by atoms with Gasteiger partial charge in [-0.3, -0.25) is 4.90 Å². The first kappa shape index (κ1) is 17.6. The zero-order valence-corrected chi connectivity index (χ0v) is 15.5. The highest BCUT2D eigenvalue weighted by molar-refractivity contribution is 7.91. The summed E-state index contributed by atoms with van der Waals surface area (Å²) in [5, 5.41) is 0.985. The first-order chi connectivity index (χ1) is 11.5. The van der Waals surface area contributed by atoms with Gasteiger partial charge in [0.25, 0.3) is 0 Å². The summed E-state index contributed by atoms with van der Waals surface area (Å²) >= 11 is 1.62. The smallest absolute Gasteiger partial charge is 0.151 e. The van der Waals surface area contributed by atoms with Crippen LogP contribution in [-0.4, -0.2) is 63.2 Å². The van der Waals surface area contributed by atoms with Crippen molar-refractivity contribution in [3.8, 4) is 5.75 Å². The lowest BCUT2D eigenvalue weighted by Gasteiger charge is -2.26. The van der Waals surface area contributed by atoms with E-state index in [4.69, 9.17) is 9.47 Å². The Morgan fingerprint density at radius 1 is 1.38 bits per heavy atom. The minimum atomic E-state index is -2.91. The van der Waals surface area contributed by atoms with Gasteiger partial charge in [-0.25, -0.2) is 13.4 Å². The first-order valence-corrected chi connectivity index (χ1v) is 10.5. The summed E-state index contributed by atoms with van der Waals surface area (Å²) in [5.74, 6) is 1.32. The number of fused-ring (bicyclic) bond motifs is 1. The number of sulfone groups is 1. The molecule has 0 bridgehead atoms. The molecule has 1 atom stereocenters. The van der Waals surface area contributed by atoms with Crippen molar-refractivity contribution in [3.05, 3.63) is 23.2 Å². The van der Waals surface area contributed by atoms with Gasteiger partial charge in [0, 0.05) is 19.7 Å². The number of thiazole rings is 1. The van der Waals surface area contributed by atoms with Gasteiger partial charge in [-0.05, 0) is 24.6 Å². The molecule has 2 aromatic rings. The van der Waals surface area contributed by atoms with Crippen molar-refractivity contribution in [1.82, 2.24) is 9.88 Å². The summed E-state index contributed by atoms with van der Waals surface area (Å²) < 4.78 is 35.1. The molecule has 24 heavy (non-hydrogen) atoms. The van der Waals surface area contributed by atoms with E-state index < -0.39 is 9.84 Å². The lowest BCUT2D eigenvalue weighted by molar-refractivity contribution is 0.121. The monoisotopic (exact) mass is 370 g/mol. The van der Waals surface area contributed by atoms with E-state index in [-0.39, 0.29) is 17.5 Å². The van der Waals surface area contributed by atoms with E-state index in [1.54, 1.807) is 25.6 Å². The summed E-state index contributed by atoms with van der Waals surface area (Å²) in [6, 6.07) is 5.88. The van der Waals surface area contributed by atoms with E-state index in [0.29, 0.717) is 26.1 Å². The van der Waals surface area contributed by atoms with Crippen LogP contribution in [0.5, 0.6) is 5.75 Å². The quantitative estimate of drug-likeness (QED) is 0.742. The number of nitrogens with zero attached hydrogens (tertiary/aromatic N) is 2. The molecule has 0 amide bonds. The summed E-state index contributed by atoms with van der Waals surface area (Å²) in [5.41, 5.74) is 0.946. The van der Waals surface area contributed by atoms with E-state index >= 15 is 0 Å². The molecule has 0 saturated carbocycles. The lowest BCUT2D eigenvalue weighted by Crippen LogP contribution is -2.38. The summed E-state index contributed by atoms with van der Waals surface area (Å²) in [6.07, 6.45) is 0.685. The third-order valence-corrected chi connectivity index (χ3v) is 7.04. The molecule has 1 aromatic heterocycles. The second kappa shape index (κ2) is 7.35. The van der Waals surface area contributed by atoms with Gasteiger partial charge in [0.05, 0.1) is 42.0 Å². The van der Waals surface area contributed by atoms with Gasteiger partial charge in [-0.2, -0.15) is 0 Å². The molecule has 1 saturated heterocycles. The highest BCUT2D eigenvalue weighted by Gasteiger charge is 2.32. The van der Waals surface area contributed by atoms with Crippen LogP contribution in [0.1, 0.15) is 11.4 Å². The molecule has 8 heteroatoms. The van der Waals surface area contributed by atoms with E-state index in [1.807, 2.05) is 18.2 Å². The minimum absolute atomic E-state index is 0.0479. The molecular formula is C16H22N2O4S2. The Balaban J connectivity index is 1.79. The molecule has 1 aliphatic heterocycles. The van der Waals surface area contributed by atoms with E-state index in [2.05, 4.69) is 9.88 Å². The van der Waals surface area contributed by atoms with Gasteiger partial charge < -0.3 is 9.47 Å². The number of aromatic nitrogens is 1. The normalized spacial score (nSPS) is 20.0. The van der Waals surface area contributed by atoms with Gasteiger partial charge in [-0.1, -0.05) is 0 Å². The van der Waals surface area contributed by atoms with Crippen molar-refractivity contribution in [1.29, 1.82) is 0 Å². The van der Waals surface area contributed by atoms with Crippen LogP contribution in [0.25, 0.3) is 10.2 Å². The zero-order chi connectivity index (χ0) is 17.2. The SMILES string of the molecule is COCCN(Cc1nc2ccc(OC)cc2s1)C1CCS(=O)(=O)C1. The molecule has 0 aliphatic carbocycles. The van der Waals surface area contributed by atoms with Crippen molar-refractivity contribution >= 4 is 31.4 Å². The van der Waals surface area contributed by atoms with Crippen LogP contribution in [0, 0.1) is 0 Å². The van der Waals surface area contributed by atoms with Gasteiger partial charge in [0.1, 0.15) is 10.8 Å². The highest BCUT2D eigenvalue weighted by Crippen LogP contribution is 2.28. The average Bonchev–Trinajstić information content (AvgIpc) is 3.12. The van der Waals surface area contributed by atoms with Gasteiger partial charge in [-0.15, -0.1) is 11.3 Å². The van der Waals surface area contributed by atoms with Crippen LogP contribution < -0.4 is 4.74 Å². The number of benzene rings is 1. The van der Waals surface area contributed by atoms with Crippen LogP contribution in [0.2, 0.25) is 0 Å². The number of rotatable bonds is 7. The molecular weight excluding hydrogens is 348 g/mol. The molecule has 1 fully saturated rings. The topological polar surface area (TPSA) is 68.7 Å². The number of methoxy groups -OCH3 is 2. The molecule has 2 heterocycles. The maximum Gasteiger partial charge on any atom is 0.151 e. The predicted molar refractivity (Wildman–Crippen MR) is 95.5 cm³/mol. The molecule has 1 unspecified atom stereocenters. The van der Waals surface area contributed by atoms with E-state index in [0.717, 1.165) is 21.0 Å². The van der Waals surface area contributed by atoms with Crippen LogP contribution in [-0.2, 0) is 21.1 Å². The van der Waals surface area contributed by atoms with Crippen molar-refractivity contribution < 1.29 is 17.9 Å². The molecule has 1 aliphatic rings. The Morgan fingerprint density at radius 2 is 2.21 bits per heavy atom. The Morgan fingerprint density at radius 3 is 2.88 bits per heavy atom. The Hall–Kier alpha value is -1.22. The average molecular weight is 370 g/mol. The fraction of sp³-hybridized carbons (Fsp3) is 0.562. The molecule has 0 N–H and O–H groups in total. The van der Waals surface area contributed by atoms with Crippen molar-refractivity contribution in [2.75, 3.05) is 38.9 Å². The van der Waals surface area contributed by atoms with Crippen LogP contribution in [0.15, 0.2) is 18.2 Å². The lowest BCUT2D eigenvalue weighted by atomic mass is 10.2. The van der Waals surface area contributed by atoms with Crippen molar-refractivity contribution in [2.45, 2.75) is 19.0 Å². The number of hydrogen-bond donors (Lipinski definition) is 0. The molecule has 132 valence electrons. The molecule has 0 radical (unpaired) electrons. The zero-order valence-electron chi connectivity index (χ0n) is 13.9. The Bertz CT molecular complexity index is 804. The third kappa shape index (κ3) is 4.05. The highest BCUT2D eigenvalue weighted by atomic mass is 32.2. The van der Waals surface area contributed by atoms with Gasteiger partial charge >= 0.3 is 0 Å². The van der Waals surface area contributed by atoms with Gasteiger partial charge in [0.15, 0.2) is 9.84 Å². The van der Waals surface area contributed by atoms with Crippen LogP contribution in [0.4, 0.5) is 0 Å². The van der Waals surface area contributed by atoms with E-state index in [9.17, 15) is 8.42 Å². The maximum atomic E-state index is 11.8. The molecule has 6 nitrogen and oxygen atoms in total. The second-order valence-corrected chi connectivity index (χ2v) is 9.31. The van der Waals surface area contributed by atoms with Crippen LogP contribution in [0.3, 0.4) is 0 Å². The standard InChI is InChI=1S/C16H22N2O4S2/c1-21-7-6-18(12-5-8-24(19,20)11-12)10-16-17-14-4-3-13(22-2)9-15(14)23-16/h3-4,9,12H,5-8,10-11H2,1-2H3. The summed E-state index contributed by atoms with van der Waals surface area (Å²) in [6.45, 7) is 1.93. The Kier molecular flexibility index (Phi) is 5.39. The maximum absolute atomic E-state index is 11.8. The first-order valence-electron chi connectivity index (χ1n) is 7.87. The Labute approximate surface area is 146 Å². The second-order valence-electron chi connectivity index (χ2n) is 5.96. The largest absolute Gasteiger partial charge is 0.497 e. The fourth-order valence-corrected chi connectivity index (χ4v) is 5.77.